The molecule has 4 heterocycles. The molecule has 0 saturated carbocycles. The highest BCUT2D eigenvalue weighted by Crippen LogP contribution is 2.37. The Bertz CT molecular complexity index is 750. The van der Waals surface area contributed by atoms with Gasteiger partial charge >= 0.3 is 8.56 Å². The van der Waals surface area contributed by atoms with Crippen LogP contribution in [0.3, 0.4) is 0 Å². The third-order valence-electron chi connectivity index (χ3n) is 4.19. The normalized spacial score (nSPS) is 21.3. The third kappa shape index (κ3) is 4.31. The number of thioether (sulfide) groups is 2. The summed E-state index contributed by atoms with van der Waals surface area (Å²) in [7, 11) is -3.00. The molecule has 4 nitrogen and oxygen atoms in total. The van der Waals surface area contributed by atoms with Crippen LogP contribution in [0.2, 0.25) is 0 Å². The van der Waals surface area contributed by atoms with Crippen molar-refractivity contribution in [2.45, 2.75) is 0 Å². The molecule has 0 amide bonds. The molecule has 0 aromatic heterocycles. The van der Waals surface area contributed by atoms with E-state index in [2.05, 4.69) is 35.1 Å². The lowest BCUT2D eigenvalue weighted by molar-refractivity contribution is 0.245. The van der Waals surface area contributed by atoms with Gasteiger partial charge in [0.2, 0.25) is 0 Å². The standard InChI is InChI=1S/C20H20O4S2Si/c1-9-21-10-2-17(1)23-27(19-5-13-25-14-6-19,20-7-15-26-16-8-20)24-18-3-11-22-12-4-18/h1-9,11,13,15H,10,12,14,16H2. The van der Waals surface area contributed by atoms with E-state index in [1.165, 1.54) is 0 Å². The fraction of sp³-hybridized carbons (Fsp3) is 0.200. The Kier molecular flexibility index (Phi) is 6.01. The number of rotatable bonds is 6. The second-order valence-electron chi connectivity index (χ2n) is 5.90. The number of allylic oxidation sites excluding steroid dienone is 6. The molecular formula is C20H20O4S2Si. The van der Waals surface area contributed by atoms with Crippen LogP contribution >= 0.6 is 23.5 Å². The molecule has 0 radical (unpaired) electrons. The van der Waals surface area contributed by atoms with Crippen LogP contribution in [0.4, 0.5) is 0 Å². The Balaban J connectivity index is 1.78. The maximum atomic E-state index is 6.70. The van der Waals surface area contributed by atoms with Gasteiger partial charge in [-0.15, -0.1) is 23.5 Å². The average molecular weight is 417 g/mol. The number of hydrogen-bond acceptors (Lipinski definition) is 6. The van der Waals surface area contributed by atoms with E-state index in [1.807, 2.05) is 24.3 Å². The lowest BCUT2D eigenvalue weighted by atomic mass is 10.4. The van der Waals surface area contributed by atoms with Crippen molar-refractivity contribution >= 4 is 32.1 Å². The smallest absolute Gasteiger partial charge is 0.506 e. The molecule has 27 heavy (non-hydrogen) atoms. The predicted molar refractivity (Wildman–Crippen MR) is 114 cm³/mol. The first-order valence-electron chi connectivity index (χ1n) is 8.69. The zero-order valence-electron chi connectivity index (χ0n) is 14.7. The summed E-state index contributed by atoms with van der Waals surface area (Å²) >= 11 is 3.54. The second kappa shape index (κ2) is 8.82. The molecule has 0 bridgehead atoms. The van der Waals surface area contributed by atoms with Crippen molar-refractivity contribution < 1.29 is 18.3 Å². The molecule has 0 N–H and O–H groups in total. The summed E-state index contributed by atoms with van der Waals surface area (Å²) in [6.45, 7) is 1.00. The molecule has 0 unspecified atom stereocenters. The first kappa shape index (κ1) is 18.4. The molecule has 140 valence electrons. The summed E-state index contributed by atoms with van der Waals surface area (Å²) in [5, 5.41) is 6.47. The van der Waals surface area contributed by atoms with Crippen molar-refractivity contribution in [2.75, 3.05) is 24.7 Å². The van der Waals surface area contributed by atoms with Gasteiger partial charge < -0.3 is 18.3 Å². The van der Waals surface area contributed by atoms with Crippen LogP contribution < -0.4 is 0 Å². The molecule has 0 atom stereocenters. The summed E-state index contributed by atoms with van der Waals surface area (Å²) in [6, 6.07) is 0. The summed E-state index contributed by atoms with van der Waals surface area (Å²) in [4.78, 5) is 0. The molecule has 0 saturated heterocycles. The first-order chi connectivity index (χ1) is 13.4. The predicted octanol–water partition coefficient (Wildman–Crippen LogP) is 4.77. The van der Waals surface area contributed by atoms with Crippen molar-refractivity contribution in [3.8, 4) is 0 Å². The zero-order valence-corrected chi connectivity index (χ0v) is 17.3. The van der Waals surface area contributed by atoms with Gasteiger partial charge in [0.05, 0.1) is 12.5 Å². The van der Waals surface area contributed by atoms with Crippen LogP contribution in [-0.2, 0) is 18.3 Å². The van der Waals surface area contributed by atoms with Crippen molar-refractivity contribution in [3.05, 3.63) is 93.9 Å². The highest BCUT2D eigenvalue weighted by atomic mass is 32.2. The van der Waals surface area contributed by atoms with Crippen LogP contribution in [0.1, 0.15) is 0 Å². The Morgan fingerprint density at radius 2 is 1.22 bits per heavy atom. The van der Waals surface area contributed by atoms with Crippen molar-refractivity contribution in [1.82, 2.24) is 0 Å². The summed E-state index contributed by atoms with van der Waals surface area (Å²) in [6.07, 6.45) is 19.6. The summed E-state index contributed by atoms with van der Waals surface area (Å²) < 4.78 is 24.0. The van der Waals surface area contributed by atoms with Gasteiger partial charge in [-0.25, -0.2) is 0 Å². The van der Waals surface area contributed by atoms with E-state index in [0.717, 1.165) is 33.4 Å². The lowest BCUT2D eigenvalue weighted by Gasteiger charge is -2.36. The van der Waals surface area contributed by atoms with E-state index < -0.39 is 8.56 Å². The molecular weight excluding hydrogens is 396 g/mol. The lowest BCUT2D eigenvalue weighted by Crippen LogP contribution is -2.47. The fourth-order valence-corrected chi connectivity index (χ4v) is 7.86. The van der Waals surface area contributed by atoms with Crippen LogP contribution in [0.5, 0.6) is 0 Å². The summed E-state index contributed by atoms with van der Waals surface area (Å²) in [5.41, 5.74) is 0. The van der Waals surface area contributed by atoms with Crippen LogP contribution in [0, 0.1) is 0 Å². The van der Waals surface area contributed by atoms with E-state index >= 15 is 0 Å². The van der Waals surface area contributed by atoms with Crippen LogP contribution in [-0.4, -0.2) is 33.3 Å². The van der Waals surface area contributed by atoms with Gasteiger partial charge in [-0.1, -0.05) is 12.2 Å². The molecule has 0 spiro atoms. The third-order valence-corrected chi connectivity index (χ3v) is 8.87. The molecule has 4 aliphatic rings. The van der Waals surface area contributed by atoms with Crippen LogP contribution in [0.25, 0.3) is 0 Å². The van der Waals surface area contributed by atoms with Gasteiger partial charge in [-0.2, -0.15) is 0 Å². The fourth-order valence-electron chi connectivity index (χ4n) is 2.90. The Morgan fingerprint density at radius 1 is 0.704 bits per heavy atom. The van der Waals surface area contributed by atoms with Crippen LogP contribution in [0.15, 0.2) is 93.9 Å². The van der Waals surface area contributed by atoms with E-state index in [0.29, 0.717) is 13.2 Å². The van der Waals surface area contributed by atoms with Gasteiger partial charge in [0.15, 0.2) is 0 Å². The minimum absolute atomic E-state index is 0.502. The molecule has 0 aromatic carbocycles. The van der Waals surface area contributed by atoms with E-state index in [9.17, 15) is 0 Å². The van der Waals surface area contributed by atoms with Crippen molar-refractivity contribution in [1.29, 1.82) is 0 Å². The Labute approximate surface area is 168 Å². The maximum Gasteiger partial charge on any atom is 0.530 e. The highest BCUT2D eigenvalue weighted by Gasteiger charge is 2.50. The SMILES string of the molecule is C1=CC(O[Si](OC2=CCOC=C2)(C2=CCSC=C2)C2=CCSC=C2)=CCO1. The molecule has 0 fully saturated rings. The van der Waals surface area contributed by atoms with Gasteiger partial charge in [-0.3, -0.25) is 0 Å². The minimum atomic E-state index is -3.00. The first-order valence-corrected chi connectivity index (χ1v) is 12.6. The van der Waals surface area contributed by atoms with Gasteiger partial charge in [0.1, 0.15) is 24.7 Å². The monoisotopic (exact) mass is 416 g/mol. The highest BCUT2D eigenvalue weighted by molar-refractivity contribution is 8.02. The molecule has 0 aromatic rings. The molecule has 4 aliphatic heterocycles. The zero-order chi connectivity index (χ0) is 18.4. The Morgan fingerprint density at radius 3 is 1.59 bits per heavy atom. The number of hydrogen-bond donors (Lipinski definition) is 0. The minimum Gasteiger partial charge on any atom is -0.506 e. The second-order valence-corrected chi connectivity index (χ2v) is 10.6. The molecule has 4 rings (SSSR count). The number of ether oxygens (including phenoxy) is 2. The van der Waals surface area contributed by atoms with Gasteiger partial charge in [-0.05, 0) is 35.1 Å². The largest absolute Gasteiger partial charge is 0.530 e. The molecule has 7 heteroatoms. The quantitative estimate of drug-likeness (QED) is 0.581. The topological polar surface area (TPSA) is 36.9 Å². The average Bonchev–Trinajstić information content (AvgIpc) is 2.76. The van der Waals surface area contributed by atoms with Gasteiger partial charge in [0.25, 0.3) is 0 Å². The molecule has 0 aliphatic carbocycles. The van der Waals surface area contributed by atoms with E-state index in [1.54, 1.807) is 36.0 Å². The summed E-state index contributed by atoms with van der Waals surface area (Å²) in [5.74, 6) is 3.39. The van der Waals surface area contributed by atoms with E-state index in [-0.39, 0.29) is 0 Å². The Hall–Kier alpha value is -1.96. The maximum absolute atomic E-state index is 6.70. The van der Waals surface area contributed by atoms with Crippen molar-refractivity contribution in [2.24, 2.45) is 0 Å². The van der Waals surface area contributed by atoms with Crippen molar-refractivity contribution in [3.63, 3.8) is 0 Å². The van der Waals surface area contributed by atoms with Gasteiger partial charge in [0, 0.05) is 34.1 Å². The van der Waals surface area contributed by atoms with E-state index in [4.69, 9.17) is 18.3 Å².